The van der Waals surface area contributed by atoms with Crippen molar-refractivity contribution in [2.75, 3.05) is 6.61 Å². The topological polar surface area (TPSA) is 58.6 Å². The number of carbonyl (C=O) groups excluding carboxylic acids is 2. The van der Waals surface area contributed by atoms with Crippen LogP contribution in [0, 0.1) is 5.92 Å². The molecular weight excluding hydrogens is 508 g/mol. The van der Waals surface area contributed by atoms with Crippen LogP contribution in [0.5, 0.6) is 5.75 Å². The van der Waals surface area contributed by atoms with Gasteiger partial charge in [0.25, 0.3) is 11.8 Å². The van der Waals surface area contributed by atoms with Crippen LogP contribution in [0.4, 0.5) is 0 Å². The van der Waals surface area contributed by atoms with Crippen molar-refractivity contribution < 1.29 is 14.3 Å². The molecule has 156 valence electrons. The van der Waals surface area contributed by atoms with Gasteiger partial charge in [0.1, 0.15) is 5.75 Å². The minimum atomic E-state index is -0.446. The molecule has 1 N–H and O–H groups in total. The first-order valence-electron chi connectivity index (χ1n) is 9.01. The largest absolute Gasteiger partial charge is 0.492 e. The van der Waals surface area contributed by atoms with Crippen molar-refractivity contribution in [1.29, 1.82) is 0 Å². The molecule has 30 heavy (non-hydrogen) atoms. The number of hydrazine groups is 1. The third kappa shape index (κ3) is 5.63. The van der Waals surface area contributed by atoms with Crippen LogP contribution in [0.25, 0.3) is 6.08 Å². The Morgan fingerprint density at radius 2 is 2.00 bits per heavy atom. The number of thiocarbonyl (C=S) groups is 1. The Morgan fingerprint density at radius 3 is 2.63 bits per heavy atom. The van der Waals surface area contributed by atoms with E-state index < -0.39 is 5.91 Å². The first-order valence-corrected chi connectivity index (χ1v) is 11.4. The highest BCUT2D eigenvalue weighted by molar-refractivity contribution is 9.10. The number of nitrogens with zero attached hydrogens (tertiary/aromatic N) is 1. The molecule has 1 fully saturated rings. The van der Waals surface area contributed by atoms with Crippen LogP contribution in [0.1, 0.15) is 29.8 Å². The summed E-state index contributed by atoms with van der Waals surface area (Å²) in [5.74, 6) is 0.326. The second-order valence-electron chi connectivity index (χ2n) is 6.86. The zero-order valence-corrected chi connectivity index (χ0v) is 20.1. The van der Waals surface area contributed by atoms with Crippen LogP contribution in [0.2, 0.25) is 5.02 Å². The number of hydrogen-bond acceptors (Lipinski definition) is 5. The Kier molecular flexibility index (Phi) is 7.57. The first kappa shape index (κ1) is 22.8. The Bertz CT molecular complexity index is 1030. The molecule has 1 aliphatic rings. The van der Waals surface area contributed by atoms with Crippen molar-refractivity contribution in [3.63, 3.8) is 0 Å². The fourth-order valence-corrected chi connectivity index (χ4v) is 4.28. The summed E-state index contributed by atoms with van der Waals surface area (Å²) in [6, 6.07) is 11.9. The van der Waals surface area contributed by atoms with E-state index in [0.29, 0.717) is 28.0 Å². The van der Waals surface area contributed by atoms with Crippen molar-refractivity contribution in [2.45, 2.75) is 13.8 Å². The van der Waals surface area contributed by atoms with Crippen LogP contribution in [0.15, 0.2) is 51.8 Å². The number of amides is 2. The van der Waals surface area contributed by atoms with Crippen molar-refractivity contribution in [3.8, 4) is 5.75 Å². The van der Waals surface area contributed by atoms with Crippen molar-refractivity contribution >= 4 is 73.7 Å². The van der Waals surface area contributed by atoms with Crippen LogP contribution in [-0.2, 0) is 4.79 Å². The number of halogens is 2. The summed E-state index contributed by atoms with van der Waals surface area (Å²) in [6.45, 7) is 4.77. The van der Waals surface area contributed by atoms with Gasteiger partial charge in [0, 0.05) is 10.6 Å². The van der Waals surface area contributed by atoms with Gasteiger partial charge in [0.05, 0.1) is 16.0 Å². The van der Waals surface area contributed by atoms with E-state index >= 15 is 0 Å². The minimum Gasteiger partial charge on any atom is -0.492 e. The number of rotatable bonds is 6. The smallest absolute Gasteiger partial charge is 0.285 e. The van der Waals surface area contributed by atoms with E-state index in [2.05, 4.69) is 35.2 Å². The van der Waals surface area contributed by atoms with Gasteiger partial charge in [-0.15, -0.1) is 0 Å². The second kappa shape index (κ2) is 9.96. The zero-order chi connectivity index (χ0) is 21.8. The molecule has 0 spiro atoms. The molecule has 1 aliphatic heterocycles. The van der Waals surface area contributed by atoms with Gasteiger partial charge in [-0.1, -0.05) is 43.3 Å². The van der Waals surface area contributed by atoms with Crippen LogP contribution < -0.4 is 10.2 Å². The number of benzene rings is 2. The van der Waals surface area contributed by atoms with Gasteiger partial charge in [-0.2, -0.15) is 5.01 Å². The number of ether oxygens (including phenoxy) is 1. The molecule has 2 aromatic rings. The molecule has 3 rings (SSSR count). The van der Waals surface area contributed by atoms with E-state index in [4.69, 9.17) is 28.6 Å². The highest BCUT2D eigenvalue weighted by atomic mass is 79.9. The minimum absolute atomic E-state index is 0.254. The van der Waals surface area contributed by atoms with Crippen molar-refractivity contribution in [1.82, 2.24) is 10.4 Å². The summed E-state index contributed by atoms with van der Waals surface area (Å²) in [7, 11) is 0. The number of nitrogens with one attached hydrogen (secondary N) is 1. The fraction of sp³-hybridized carbons (Fsp3) is 0.190. The van der Waals surface area contributed by atoms with Crippen molar-refractivity contribution in [2.24, 2.45) is 5.92 Å². The molecular formula is C21H18BrClN2O3S2. The molecule has 0 atom stereocenters. The quantitative estimate of drug-likeness (QED) is 0.388. The number of thioether (sulfide) groups is 1. The second-order valence-corrected chi connectivity index (χ2v) is 9.83. The lowest BCUT2D eigenvalue weighted by Gasteiger charge is -2.15. The van der Waals surface area contributed by atoms with Gasteiger partial charge in [0.15, 0.2) is 4.32 Å². The summed E-state index contributed by atoms with van der Waals surface area (Å²) in [5.41, 5.74) is 3.73. The molecule has 0 bridgehead atoms. The summed E-state index contributed by atoms with van der Waals surface area (Å²) in [6.07, 6.45) is 1.73. The SMILES string of the molecule is CC(C)COc1ccc(/C=C2/SC(=S)N(NC(=O)c3ccc(Cl)cc3)C2=O)cc1Br. The first-order chi connectivity index (χ1) is 14.2. The van der Waals surface area contributed by atoms with Gasteiger partial charge in [-0.3, -0.25) is 15.0 Å². The molecule has 9 heteroatoms. The normalized spacial score (nSPS) is 15.2. The van der Waals surface area contributed by atoms with Gasteiger partial charge in [0.2, 0.25) is 0 Å². The van der Waals surface area contributed by atoms with Crippen molar-refractivity contribution in [3.05, 3.63) is 68.0 Å². The molecule has 2 amide bonds. The predicted molar refractivity (Wildman–Crippen MR) is 128 cm³/mol. The zero-order valence-electron chi connectivity index (χ0n) is 16.1. The number of carbonyl (C=O) groups is 2. The van der Waals surface area contributed by atoms with Gasteiger partial charge in [-0.05, 0) is 82.1 Å². The molecule has 2 aromatic carbocycles. The highest BCUT2D eigenvalue weighted by Gasteiger charge is 2.33. The van der Waals surface area contributed by atoms with Crippen LogP contribution in [0.3, 0.4) is 0 Å². The third-order valence-electron chi connectivity index (χ3n) is 3.94. The molecule has 0 aliphatic carbocycles. The average molecular weight is 526 g/mol. The van der Waals surface area contributed by atoms with Gasteiger partial charge >= 0.3 is 0 Å². The average Bonchev–Trinajstić information content (AvgIpc) is 2.95. The summed E-state index contributed by atoms with van der Waals surface area (Å²) in [4.78, 5) is 25.6. The molecule has 0 radical (unpaired) electrons. The molecule has 1 heterocycles. The fourth-order valence-electron chi connectivity index (χ4n) is 2.46. The van der Waals surface area contributed by atoms with E-state index in [0.717, 1.165) is 32.6 Å². The Morgan fingerprint density at radius 1 is 1.30 bits per heavy atom. The Labute approximate surface area is 197 Å². The van der Waals surface area contributed by atoms with E-state index in [9.17, 15) is 9.59 Å². The highest BCUT2D eigenvalue weighted by Crippen LogP contribution is 2.33. The summed E-state index contributed by atoms with van der Waals surface area (Å²) >= 11 is 15.7. The monoisotopic (exact) mass is 524 g/mol. The maximum Gasteiger partial charge on any atom is 0.285 e. The van der Waals surface area contributed by atoms with Crippen LogP contribution in [-0.4, -0.2) is 27.8 Å². The Hall–Kier alpha value is -1.87. The lowest BCUT2D eigenvalue weighted by atomic mass is 10.2. The molecule has 5 nitrogen and oxygen atoms in total. The molecule has 1 saturated heterocycles. The van der Waals surface area contributed by atoms with Crippen LogP contribution >= 0.6 is 51.5 Å². The lowest BCUT2D eigenvalue weighted by Crippen LogP contribution is -2.44. The standard InChI is InChI=1S/C21H18BrClN2O3S2/c1-12(2)11-28-17-8-3-13(9-16(17)22)10-18-20(27)25(21(29)30-18)24-19(26)14-4-6-15(23)7-5-14/h3-10,12H,11H2,1-2H3,(H,24,26)/b18-10+. The summed E-state index contributed by atoms with van der Waals surface area (Å²) in [5, 5.41) is 1.60. The Balaban J connectivity index is 1.72. The van der Waals surface area contributed by atoms with Gasteiger partial charge < -0.3 is 4.74 Å². The van der Waals surface area contributed by atoms with E-state index in [1.807, 2.05) is 18.2 Å². The molecule has 0 aromatic heterocycles. The van der Waals surface area contributed by atoms with Gasteiger partial charge in [-0.25, -0.2) is 0 Å². The maximum absolute atomic E-state index is 12.7. The van der Waals surface area contributed by atoms with E-state index in [1.54, 1.807) is 30.3 Å². The lowest BCUT2D eigenvalue weighted by molar-refractivity contribution is -0.123. The van der Waals surface area contributed by atoms with E-state index in [1.165, 1.54) is 0 Å². The molecule has 0 saturated carbocycles. The van der Waals surface area contributed by atoms with E-state index in [-0.39, 0.29) is 10.2 Å². The summed E-state index contributed by atoms with van der Waals surface area (Å²) < 4.78 is 6.80. The maximum atomic E-state index is 12.7. The predicted octanol–water partition coefficient (Wildman–Crippen LogP) is 5.68. The third-order valence-corrected chi connectivity index (χ3v) is 6.11. The molecule has 0 unspecified atom stereocenters. The number of hydrogen-bond donors (Lipinski definition) is 1.